The second-order valence-electron chi connectivity index (χ2n) is 6.19. The molecule has 0 aromatic heterocycles. The van der Waals surface area contributed by atoms with Crippen molar-refractivity contribution in [3.63, 3.8) is 0 Å². The van der Waals surface area contributed by atoms with E-state index in [9.17, 15) is 4.79 Å². The maximum absolute atomic E-state index is 12.1. The van der Waals surface area contributed by atoms with E-state index in [1.807, 2.05) is 31.2 Å². The average Bonchev–Trinajstić information content (AvgIpc) is 2.99. The number of thiocarbonyl (C=S) groups is 1. The first kappa shape index (κ1) is 16.0. The molecule has 1 aromatic rings. The third kappa shape index (κ3) is 3.39. The van der Waals surface area contributed by atoms with Crippen LogP contribution in [0.5, 0.6) is 5.75 Å². The van der Waals surface area contributed by atoms with Gasteiger partial charge in [0.2, 0.25) is 0 Å². The zero-order valence-electron chi connectivity index (χ0n) is 13.5. The Hall–Kier alpha value is -1.88. The van der Waals surface area contributed by atoms with Gasteiger partial charge in [-0.3, -0.25) is 4.79 Å². The molecule has 0 saturated heterocycles. The Balaban J connectivity index is 1.97. The van der Waals surface area contributed by atoms with Crippen LogP contribution in [-0.2, 0) is 4.79 Å². The minimum Gasteiger partial charge on any atom is -0.490 e. The largest absolute Gasteiger partial charge is 0.490 e. The summed E-state index contributed by atoms with van der Waals surface area (Å²) in [5.74, 6) is 0.874. The van der Waals surface area contributed by atoms with E-state index in [-0.39, 0.29) is 17.9 Å². The van der Waals surface area contributed by atoms with Crippen LogP contribution in [0.4, 0.5) is 0 Å². The van der Waals surface area contributed by atoms with Gasteiger partial charge in [0, 0.05) is 16.8 Å². The number of allylic oxidation sites excluding steroid dienone is 1. The van der Waals surface area contributed by atoms with Gasteiger partial charge in [0.1, 0.15) is 5.75 Å². The molecule has 2 N–H and O–H groups in total. The SMILES string of the molecule is CC(=O)C1=C(C)NC(=S)N[C@H]1c1ccccc1OC1CCCC1. The van der Waals surface area contributed by atoms with Crippen LogP contribution in [0.2, 0.25) is 0 Å². The second-order valence-corrected chi connectivity index (χ2v) is 6.60. The van der Waals surface area contributed by atoms with E-state index in [1.165, 1.54) is 12.8 Å². The molecular weight excluding hydrogens is 308 g/mol. The number of ether oxygens (including phenoxy) is 1. The van der Waals surface area contributed by atoms with E-state index >= 15 is 0 Å². The van der Waals surface area contributed by atoms with E-state index in [2.05, 4.69) is 10.6 Å². The first-order valence-corrected chi connectivity index (χ1v) is 8.52. The van der Waals surface area contributed by atoms with Gasteiger partial charge in [0.05, 0.1) is 12.1 Å². The highest BCUT2D eigenvalue weighted by Crippen LogP contribution is 2.35. The summed E-state index contributed by atoms with van der Waals surface area (Å²) >= 11 is 5.28. The van der Waals surface area contributed by atoms with Crippen LogP contribution in [0.1, 0.15) is 51.1 Å². The lowest BCUT2D eigenvalue weighted by Gasteiger charge is -2.31. The highest BCUT2D eigenvalue weighted by molar-refractivity contribution is 7.80. The van der Waals surface area contributed by atoms with Crippen LogP contribution in [0.3, 0.4) is 0 Å². The molecule has 23 heavy (non-hydrogen) atoms. The fraction of sp³-hybridized carbons (Fsp3) is 0.444. The van der Waals surface area contributed by atoms with Gasteiger partial charge in [-0.05, 0) is 57.8 Å². The summed E-state index contributed by atoms with van der Waals surface area (Å²) in [6.45, 7) is 3.47. The molecule has 1 atom stereocenters. The Morgan fingerprint density at radius 3 is 2.65 bits per heavy atom. The second kappa shape index (κ2) is 6.71. The van der Waals surface area contributed by atoms with Gasteiger partial charge in [-0.2, -0.15) is 0 Å². The number of carbonyl (C=O) groups is 1. The summed E-state index contributed by atoms with van der Waals surface area (Å²) in [4.78, 5) is 12.1. The predicted molar refractivity (Wildman–Crippen MR) is 94.3 cm³/mol. The lowest BCUT2D eigenvalue weighted by atomic mass is 9.92. The van der Waals surface area contributed by atoms with E-state index in [0.717, 1.165) is 29.9 Å². The van der Waals surface area contributed by atoms with Gasteiger partial charge in [-0.1, -0.05) is 18.2 Å². The lowest BCUT2D eigenvalue weighted by Crippen LogP contribution is -2.44. The number of hydrogen-bond acceptors (Lipinski definition) is 3. The highest BCUT2D eigenvalue weighted by atomic mass is 32.1. The summed E-state index contributed by atoms with van der Waals surface area (Å²) in [5, 5.41) is 6.80. The number of Topliss-reactive ketones (excluding diaryl/α,β-unsaturated/α-hetero) is 1. The van der Waals surface area contributed by atoms with Gasteiger partial charge in [0.25, 0.3) is 0 Å². The molecule has 1 aromatic carbocycles. The van der Waals surface area contributed by atoms with Gasteiger partial charge in [-0.25, -0.2) is 0 Å². The standard InChI is InChI=1S/C18H22N2O2S/c1-11-16(12(2)21)17(20-18(23)19-11)14-9-5-6-10-15(14)22-13-7-3-4-8-13/h5-6,9-10,13,17H,3-4,7-8H2,1-2H3,(H2,19,20,23)/t17-/m0/s1. The smallest absolute Gasteiger partial charge is 0.171 e. The fourth-order valence-electron chi connectivity index (χ4n) is 3.41. The molecule has 2 aliphatic rings. The molecule has 5 heteroatoms. The molecule has 0 radical (unpaired) electrons. The van der Waals surface area contributed by atoms with Crippen LogP contribution >= 0.6 is 12.2 Å². The van der Waals surface area contributed by atoms with Crippen molar-refractivity contribution in [1.29, 1.82) is 0 Å². The summed E-state index contributed by atoms with van der Waals surface area (Å²) < 4.78 is 6.22. The van der Waals surface area contributed by atoms with Crippen molar-refractivity contribution in [3.8, 4) is 5.75 Å². The maximum atomic E-state index is 12.1. The first-order chi connectivity index (χ1) is 11.1. The molecule has 0 spiro atoms. The van der Waals surface area contributed by atoms with E-state index in [0.29, 0.717) is 10.7 Å². The number of hydrogen-bond donors (Lipinski definition) is 2. The molecular formula is C18H22N2O2S. The third-order valence-corrected chi connectivity index (χ3v) is 4.69. The Labute approximate surface area is 142 Å². The van der Waals surface area contributed by atoms with Crippen molar-refractivity contribution in [3.05, 3.63) is 41.1 Å². The molecule has 4 nitrogen and oxygen atoms in total. The number of benzene rings is 1. The normalized spacial score (nSPS) is 21.8. The van der Waals surface area contributed by atoms with Crippen molar-refractivity contribution < 1.29 is 9.53 Å². The monoisotopic (exact) mass is 330 g/mol. The summed E-state index contributed by atoms with van der Waals surface area (Å²) in [5.41, 5.74) is 2.48. The lowest BCUT2D eigenvalue weighted by molar-refractivity contribution is -0.114. The Bertz CT molecular complexity index is 663. The fourth-order valence-corrected chi connectivity index (χ4v) is 3.68. The van der Waals surface area contributed by atoms with Gasteiger partial charge in [0.15, 0.2) is 10.9 Å². The molecule has 1 heterocycles. The van der Waals surface area contributed by atoms with Crippen molar-refractivity contribution in [2.75, 3.05) is 0 Å². The van der Waals surface area contributed by atoms with Gasteiger partial charge in [-0.15, -0.1) is 0 Å². The summed E-state index contributed by atoms with van der Waals surface area (Å²) in [7, 11) is 0. The number of carbonyl (C=O) groups excluding carboxylic acids is 1. The minimum absolute atomic E-state index is 0.0330. The zero-order chi connectivity index (χ0) is 16.4. The van der Waals surface area contributed by atoms with Crippen LogP contribution in [0.15, 0.2) is 35.5 Å². The van der Waals surface area contributed by atoms with Crippen molar-refractivity contribution in [1.82, 2.24) is 10.6 Å². The number of ketones is 1. The minimum atomic E-state index is -0.265. The van der Waals surface area contributed by atoms with Crippen molar-refractivity contribution >= 4 is 23.1 Å². The van der Waals surface area contributed by atoms with E-state index in [1.54, 1.807) is 6.92 Å². The molecule has 1 fully saturated rings. The van der Waals surface area contributed by atoms with Gasteiger partial charge >= 0.3 is 0 Å². The van der Waals surface area contributed by atoms with Gasteiger partial charge < -0.3 is 15.4 Å². The molecule has 1 saturated carbocycles. The van der Waals surface area contributed by atoms with Crippen molar-refractivity contribution in [2.24, 2.45) is 0 Å². The quantitative estimate of drug-likeness (QED) is 0.829. The Morgan fingerprint density at radius 2 is 1.96 bits per heavy atom. The summed E-state index contributed by atoms with van der Waals surface area (Å²) in [6.07, 6.45) is 4.91. The van der Waals surface area contributed by atoms with E-state index < -0.39 is 0 Å². The molecule has 1 aliphatic carbocycles. The number of nitrogens with one attached hydrogen (secondary N) is 2. The Morgan fingerprint density at radius 1 is 1.26 bits per heavy atom. The molecule has 0 amide bonds. The average molecular weight is 330 g/mol. The molecule has 1 aliphatic heterocycles. The van der Waals surface area contributed by atoms with Crippen LogP contribution < -0.4 is 15.4 Å². The van der Waals surface area contributed by atoms with E-state index in [4.69, 9.17) is 17.0 Å². The van der Waals surface area contributed by atoms with Crippen LogP contribution in [-0.4, -0.2) is 17.0 Å². The predicted octanol–water partition coefficient (Wildman–Crippen LogP) is 3.39. The topological polar surface area (TPSA) is 50.4 Å². The molecule has 0 unspecified atom stereocenters. The molecule has 122 valence electrons. The first-order valence-electron chi connectivity index (χ1n) is 8.11. The molecule has 3 rings (SSSR count). The van der Waals surface area contributed by atoms with Crippen molar-refractivity contribution in [2.45, 2.75) is 51.7 Å². The third-order valence-electron chi connectivity index (χ3n) is 4.47. The number of rotatable bonds is 4. The summed E-state index contributed by atoms with van der Waals surface area (Å²) in [6, 6.07) is 7.66. The van der Waals surface area contributed by atoms with Crippen LogP contribution in [0, 0.1) is 0 Å². The maximum Gasteiger partial charge on any atom is 0.171 e. The van der Waals surface area contributed by atoms with Crippen LogP contribution in [0.25, 0.3) is 0 Å². The molecule has 0 bridgehead atoms. The zero-order valence-corrected chi connectivity index (χ0v) is 14.3. The number of para-hydroxylation sites is 1. The highest BCUT2D eigenvalue weighted by Gasteiger charge is 2.30. The Kier molecular flexibility index (Phi) is 4.66.